The summed E-state index contributed by atoms with van der Waals surface area (Å²) in [5.41, 5.74) is 0. The van der Waals surface area contributed by atoms with Crippen LogP contribution in [0.1, 0.15) is 84.5 Å². The molecule has 0 rings (SSSR count). The zero-order chi connectivity index (χ0) is 16.8. The standard InChI is InChI=1S/C19H40NO2/c1-6-8-10-11-12-13-14-15-16-18(20(3,4)5)19(21)22-17-9-7-2/h18H,6-17H2,1-5H3/q+1/t18-/m1/s1. The first kappa shape index (κ1) is 21.4. The van der Waals surface area contributed by atoms with Gasteiger partial charge in [-0.1, -0.05) is 65.2 Å². The highest BCUT2D eigenvalue weighted by Crippen LogP contribution is 2.16. The Morgan fingerprint density at radius 1 is 0.818 bits per heavy atom. The monoisotopic (exact) mass is 314 g/mol. The number of hydrogen-bond donors (Lipinski definition) is 0. The molecule has 0 unspecified atom stereocenters. The SMILES string of the molecule is CCCCCCCCCC[C@H](C(=O)OCCCC)[N+](C)(C)C. The van der Waals surface area contributed by atoms with E-state index in [0.717, 1.165) is 25.7 Å². The molecule has 0 aliphatic heterocycles. The van der Waals surface area contributed by atoms with E-state index in [-0.39, 0.29) is 12.0 Å². The minimum Gasteiger partial charge on any atom is -0.461 e. The average molecular weight is 315 g/mol. The molecule has 0 spiro atoms. The number of carbonyl (C=O) groups excluding carboxylic acids is 1. The molecule has 0 bridgehead atoms. The van der Waals surface area contributed by atoms with Crippen molar-refractivity contribution in [3.8, 4) is 0 Å². The summed E-state index contributed by atoms with van der Waals surface area (Å²) in [5, 5.41) is 0. The quantitative estimate of drug-likeness (QED) is 0.258. The van der Waals surface area contributed by atoms with Gasteiger partial charge in [-0.2, -0.15) is 0 Å². The van der Waals surface area contributed by atoms with Gasteiger partial charge in [0, 0.05) is 6.42 Å². The van der Waals surface area contributed by atoms with Crippen molar-refractivity contribution < 1.29 is 14.0 Å². The fraction of sp³-hybridized carbons (Fsp3) is 0.947. The number of esters is 1. The van der Waals surface area contributed by atoms with Crippen molar-refractivity contribution in [2.75, 3.05) is 27.7 Å². The van der Waals surface area contributed by atoms with Crippen LogP contribution in [0.5, 0.6) is 0 Å². The van der Waals surface area contributed by atoms with Crippen LogP contribution >= 0.6 is 0 Å². The van der Waals surface area contributed by atoms with Crippen molar-refractivity contribution in [2.24, 2.45) is 0 Å². The van der Waals surface area contributed by atoms with Crippen LogP contribution in [0, 0.1) is 0 Å². The number of hydrogen-bond acceptors (Lipinski definition) is 2. The Labute approximate surface area is 139 Å². The summed E-state index contributed by atoms with van der Waals surface area (Å²) in [5.74, 6) is -0.0103. The first-order chi connectivity index (χ1) is 10.4. The smallest absolute Gasteiger partial charge is 0.364 e. The Bertz CT molecular complexity index is 271. The molecule has 0 N–H and O–H groups in total. The van der Waals surface area contributed by atoms with Crippen LogP contribution in [0.3, 0.4) is 0 Å². The van der Waals surface area contributed by atoms with Crippen molar-refractivity contribution in [3.63, 3.8) is 0 Å². The largest absolute Gasteiger partial charge is 0.461 e. The van der Waals surface area contributed by atoms with Crippen LogP contribution in [0.4, 0.5) is 0 Å². The number of rotatable bonds is 14. The molecule has 0 aromatic rings. The molecule has 3 nitrogen and oxygen atoms in total. The predicted molar refractivity (Wildman–Crippen MR) is 94.9 cm³/mol. The maximum absolute atomic E-state index is 12.3. The predicted octanol–water partition coefficient (Wildman–Crippen LogP) is 4.94. The number of quaternary nitrogens is 1. The maximum Gasteiger partial charge on any atom is 0.364 e. The first-order valence-electron chi connectivity index (χ1n) is 9.41. The van der Waals surface area contributed by atoms with Gasteiger partial charge in [-0.25, -0.2) is 4.79 Å². The second kappa shape index (κ2) is 12.9. The lowest BCUT2D eigenvalue weighted by Crippen LogP contribution is -2.50. The second-order valence-electron chi connectivity index (χ2n) is 7.42. The van der Waals surface area contributed by atoms with E-state index in [1.165, 1.54) is 44.9 Å². The summed E-state index contributed by atoms with van der Waals surface area (Å²) in [6, 6.07) is -0.0167. The number of carbonyl (C=O) groups is 1. The van der Waals surface area contributed by atoms with E-state index < -0.39 is 0 Å². The molecule has 132 valence electrons. The van der Waals surface area contributed by atoms with Gasteiger partial charge >= 0.3 is 5.97 Å². The Balaban J connectivity index is 3.93. The van der Waals surface area contributed by atoms with Gasteiger partial charge < -0.3 is 9.22 Å². The summed E-state index contributed by atoms with van der Waals surface area (Å²) in [7, 11) is 6.28. The van der Waals surface area contributed by atoms with E-state index >= 15 is 0 Å². The van der Waals surface area contributed by atoms with Gasteiger partial charge in [-0.3, -0.25) is 0 Å². The Kier molecular flexibility index (Phi) is 12.6. The second-order valence-corrected chi connectivity index (χ2v) is 7.42. The van der Waals surface area contributed by atoms with Crippen LogP contribution in [0.15, 0.2) is 0 Å². The van der Waals surface area contributed by atoms with Gasteiger partial charge in [0.25, 0.3) is 0 Å². The normalized spacial score (nSPS) is 13.1. The Morgan fingerprint density at radius 3 is 1.82 bits per heavy atom. The van der Waals surface area contributed by atoms with Crippen molar-refractivity contribution >= 4 is 5.97 Å². The third kappa shape index (κ3) is 11.1. The van der Waals surface area contributed by atoms with Gasteiger partial charge in [-0.15, -0.1) is 0 Å². The lowest BCUT2D eigenvalue weighted by Gasteiger charge is -2.32. The molecular weight excluding hydrogens is 274 g/mol. The van der Waals surface area contributed by atoms with Crippen LogP contribution in [0.2, 0.25) is 0 Å². The van der Waals surface area contributed by atoms with Crippen LogP contribution < -0.4 is 0 Å². The highest BCUT2D eigenvalue weighted by molar-refractivity contribution is 5.74. The molecular formula is C19H40NO2+. The van der Waals surface area contributed by atoms with E-state index in [9.17, 15) is 4.79 Å². The molecule has 0 saturated carbocycles. The highest BCUT2D eigenvalue weighted by Gasteiger charge is 2.32. The molecule has 0 aromatic heterocycles. The van der Waals surface area contributed by atoms with Crippen LogP contribution in [-0.4, -0.2) is 44.2 Å². The number of unbranched alkanes of at least 4 members (excludes halogenated alkanes) is 8. The zero-order valence-corrected chi connectivity index (χ0v) is 15.8. The lowest BCUT2D eigenvalue weighted by molar-refractivity contribution is -0.887. The van der Waals surface area contributed by atoms with Gasteiger partial charge in [0.2, 0.25) is 0 Å². The van der Waals surface area contributed by atoms with Gasteiger partial charge in [0.05, 0.1) is 27.7 Å². The molecule has 0 aromatic carbocycles. The summed E-state index contributed by atoms with van der Waals surface area (Å²) in [4.78, 5) is 12.3. The minimum atomic E-state index is -0.0167. The minimum absolute atomic E-state index is 0.0103. The fourth-order valence-corrected chi connectivity index (χ4v) is 2.71. The van der Waals surface area contributed by atoms with E-state index in [1.54, 1.807) is 0 Å². The van der Waals surface area contributed by atoms with Gasteiger partial charge in [-0.05, 0) is 12.8 Å². The molecule has 0 heterocycles. The topological polar surface area (TPSA) is 26.3 Å². The third-order valence-electron chi connectivity index (χ3n) is 4.28. The average Bonchev–Trinajstić information content (AvgIpc) is 2.44. The van der Waals surface area contributed by atoms with Gasteiger partial charge in [0.15, 0.2) is 6.04 Å². The van der Waals surface area contributed by atoms with Crippen LogP contribution in [-0.2, 0) is 9.53 Å². The molecule has 3 heteroatoms. The van der Waals surface area contributed by atoms with E-state index in [0.29, 0.717) is 11.1 Å². The maximum atomic E-state index is 12.3. The highest BCUT2D eigenvalue weighted by atomic mass is 16.5. The summed E-state index contributed by atoms with van der Waals surface area (Å²) >= 11 is 0. The number of nitrogens with zero attached hydrogens (tertiary/aromatic N) is 1. The van der Waals surface area contributed by atoms with Crippen molar-refractivity contribution in [1.29, 1.82) is 0 Å². The fourth-order valence-electron chi connectivity index (χ4n) is 2.71. The molecule has 1 atom stereocenters. The van der Waals surface area contributed by atoms with Gasteiger partial charge in [0.1, 0.15) is 0 Å². The first-order valence-corrected chi connectivity index (χ1v) is 9.41. The summed E-state index contributed by atoms with van der Waals surface area (Å²) < 4.78 is 6.11. The van der Waals surface area contributed by atoms with Crippen LogP contribution in [0.25, 0.3) is 0 Å². The molecule has 22 heavy (non-hydrogen) atoms. The van der Waals surface area contributed by atoms with E-state index in [2.05, 4.69) is 35.0 Å². The Morgan fingerprint density at radius 2 is 1.32 bits per heavy atom. The molecule has 0 fully saturated rings. The summed E-state index contributed by atoms with van der Waals surface area (Å²) in [6.45, 7) is 4.94. The molecule has 0 radical (unpaired) electrons. The van der Waals surface area contributed by atoms with Crippen molar-refractivity contribution in [3.05, 3.63) is 0 Å². The molecule has 0 aliphatic rings. The van der Waals surface area contributed by atoms with Crippen molar-refractivity contribution in [1.82, 2.24) is 0 Å². The third-order valence-corrected chi connectivity index (χ3v) is 4.28. The van der Waals surface area contributed by atoms with E-state index in [4.69, 9.17) is 4.74 Å². The number of likely N-dealkylation sites (N-methyl/N-ethyl adjacent to an activating group) is 1. The Hall–Kier alpha value is -0.570. The van der Waals surface area contributed by atoms with E-state index in [1.807, 2.05) is 0 Å². The van der Waals surface area contributed by atoms with Crippen molar-refractivity contribution in [2.45, 2.75) is 90.5 Å². The lowest BCUT2D eigenvalue weighted by atomic mass is 10.0. The molecule has 0 saturated heterocycles. The molecule has 0 amide bonds. The number of ether oxygens (including phenoxy) is 1. The zero-order valence-electron chi connectivity index (χ0n) is 15.8. The molecule has 0 aliphatic carbocycles. The summed E-state index contributed by atoms with van der Waals surface area (Å²) in [6.07, 6.45) is 13.4.